The number of ether oxygens (including phenoxy) is 2. The first-order chi connectivity index (χ1) is 9.41. The fourth-order valence-corrected chi connectivity index (χ4v) is 3.46. The first kappa shape index (κ1) is 15.9. The van der Waals surface area contributed by atoms with Gasteiger partial charge in [-0.3, -0.25) is 4.79 Å². The van der Waals surface area contributed by atoms with Gasteiger partial charge in [-0.05, 0) is 37.0 Å². The van der Waals surface area contributed by atoms with Crippen LogP contribution in [0.15, 0.2) is 0 Å². The third-order valence-corrected chi connectivity index (χ3v) is 4.98. The highest BCUT2D eigenvalue weighted by molar-refractivity contribution is 5.79. The summed E-state index contributed by atoms with van der Waals surface area (Å²) in [6.07, 6.45) is 3.37. The van der Waals surface area contributed by atoms with Crippen molar-refractivity contribution < 1.29 is 19.4 Å². The van der Waals surface area contributed by atoms with Crippen LogP contribution in [0.4, 0.5) is 0 Å². The van der Waals surface area contributed by atoms with Crippen LogP contribution in [-0.4, -0.2) is 36.5 Å². The van der Waals surface area contributed by atoms with Crippen molar-refractivity contribution in [2.45, 2.75) is 65.3 Å². The molecule has 1 heterocycles. The van der Waals surface area contributed by atoms with Crippen molar-refractivity contribution in [1.82, 2.24) is 0 Å². The Kier molecular flexibility index (Phi) is 5.21. The molecule has 2 rings (SSSR count). The molecule has 2 fully saturated rings. The Morgan fingerprint density at radius 1 is 1.25 bits per heavy atom. The fourth-order valence-electron chi connectivity index (χ4n) is 3.46. The zero-order valence-corrected chi connectivity index (χ0v) is 12.9. The van der Waals surface area contributed by atoms with E-state index in [2.05, 4.69) is 13.8 Å². The molecule has 1 aliphatic carbocycles. The van der Waals surface area contributed by atoms with Gasteiger partial charge in [0.05, 0.1) is 19.3 Å². The smallest absolute Gasteiger partial charge is 0.158 e. The molecule has 0 aromatic heterocycles. The van der Waals surface area contributed by atoms with Gasteiger partial charge in [-0.2, -0.15) is 0 Å². The predicted molar refractivity (Wildman–Crippen MR) is 76.2 cm³/mol. The second-order valence-corrected chi connectivity index (χ2v) is 6.91. The van der Waals surface area contributed by atoms with E-state index < -0.39 is 0 Å². The van der Waals surface area contributed by atoms with Crippen LogP contribution in [0.2, 0.25) is 0 Å². The average molecular weight is 284 g/mol. The summed E-state index contributed by atoms with van der Waals surface area (Å²) in [7, 11) is 0. The number of hydrogen-bond donors (Lipinski definition) is 1. The summed E-state index contributed by atoms with van der Waals surface area (Å²) in [5.74, 6) is 1.39. The van der Waals surface area contributed by atoms with Gasteiger partial charge in [-0.1, -0.05) is 13.8 Å². The average Bonchev–Trinajstić information content (AvgIpc) is 2.77. The third kappa shape index (κ3) is 4.03. The van der Waals surface area contributed by atoms with Crippen molar-refractivity contribution in [3.05, 3.63) is 0 Å². The molecule has 1 saturated heterocycles. The highest BCUT2D eigenvalue weighted by atomic mass is 16.7. The standard InChI is InChI=1S/C16H28O4/c1-11(17)4-6-13-14(16(13,2)3)10-12(18)5-7-15-19-8-9-20-15/h11,13-15,17H,4-10H2,1-3H3. The summed E-state index contributed by atoms with van der Waals surface area (Å²) in [6.45, 7) is 7.60. The number of rotatable bonds is 8. The van der Waals surface area contributed by atoms with Crippen LogP contribution in [-0.2, 0) is 14.3 Å². The van der Waals surface area contributed by atoms with E-state index in [1.54, 1.807) is 0 Å². The Hall–Kier alpha value is -0.450. The summed E-state index contributed by atoms with van der Waals surface area (Å²) in [4.78, 5) is 12.1. The van der Waals surface area contributed by atoms with Gasteiger partial charge >= 0.3 is 0 Å². The first-order valence-corrected chi connectivity index (χ1v) is 7.84. The molecule has 20 heavy (non-hydrogen) atoms. The van der Waals surface area contributed by atoms with Crippen molar-refractivity contribution in [1.29, 1.82) is 0 Å². The zero-order chi connectivity index (χ0) is 14.8. The second kappa shape index (κ2) is 6.54. The molecule has 116 valence electrons. The van der Waals surface area contributed by atoms with Gasteiger partial charge in [0, 0.05) is 19.3 Å². The molecule has 4 nitrogen and oxygen atoms in total. The summed E-state index contributed by atoms with van der Waals surface area (Å²) >= 11 is 0. The minimum atomic E-state index is -0.237. The number of ketones is 1. The van der Waals surface area contributed by atoms with E-state index >= 15 is 0 Å². The lowest BCUT2D eigenvalue weighted by molar-refractivity contribution is -0.122. The quantitative estimate of drug-likeness (QED) is 0.744. The molecule has 1 saturated carbocycles. The van der Waals surface area contributed by atoms with Gasteiger partial charge in [0.1, 0.15) is 5.78 Å². The Bertz CT molecular complexity index is 331. The Labute approximate surface area is 121 Å². The highest BCUT2D eigenvalue weighted by Gasteiger charge is 2.56. The number of aliphatic hydroxyl groups excluding tert-OH is 1. The van der Waals surface area contributed by atoms with Gasteiger partial charge in [0.25, 0.3) is 0 Å². The maximum Gasteiger partial charge on any atom is 0.158 e. The van der Waals surface area contributed by atoms with Crippen LogP contribution < -0.4 is 0 Å². The molecule has 0 bridgehead atoms. The molecule has 1 N–H and O–H groups in total. The van der Waals surface area contributed by atoms with Crippen molar-refractivity contribution in [3.8, 4) is 0 Å². The van der Waals surface area contributed by atoms with Crippen LogP contribution in [0.1, 0.15) is 52.9 Å². The summed E-state index contributed by atoms with van der Waals surface area (Å²) < 4.78 is 10.7. The number of hydrogen-bond acceptors (Lipinski definition) is 4. The normalized spacial score (nSPS) is 30.4. The lowest BCUT2D eigenvalue weighted by Gasteiger charge is -2.08. The van der Waals surface area contributed by atoms with Crippen molar-refractivity contribution in [2.75, 3.05) is 13.2 Å². The van der Waals surface area contributed by atoms with Crippen molar-refractivity contribution >= 4 is 5.78 Å². The van der Waals surface area contributed by atoms with E-state index in [1.807, 2.05) is 6.92 Å². The van der Waals surface area contributed by atoms with Gasteiger partial charge in [-0.25, -0.2) is 0 Å². The van der Waals surface area contributed by atoms with E-state index in [0.717, 1.165) is 12.8 Å². The number of aliphatic hydroxyl groups is 1. The Morgan fingerprint density at radius 2 is 1.90 bits per heavy atom. The van der Waals surface area contributed by atoms with E-state index in [0.29, 0.717) is 50.1 Å². The van der Waals surface area contributed by atoms with E-state index in [9.17, 15) is 9.90 Å². The highest BCUT2D eigenvalue weighted by Crippen LogP contribution is 2.62. The topological polar surface area (TPSA) is 55.8 Å². The van der Waals surface area contributed by atoms with E-state index in [1.165, 1.54) is 0 Å². The molecule has 0 aromatic carbocycles. The second-order valence-electron chi connectivity index (χ2n) is 6.91. The maximum absolute atomic E-state index is 12.1. The van der Waals surface area contributed by atoms with Crippen molar-refractivity contribution in [2.24, 2.45) is 17.3 Å². The Balaban J connectivity index is 1.68. The first-order valence-electron chi connectivity index (χ1n) is 7.84. The molecular weight excluding hydrogens is 256 g/mol. The van der Waals surface area contributed by atoms with Gasteiger partial charge in [0.2, 0.25) is 0 Å². The third-order valence-electron chi connectivity index (χ3n) is 4.98. The summed E-state index contributed by atoms with van der Waals surface area (Å²) in [6, 6.07) is 0. The van der Waals surface area contributed by atoms with E-state index in [-0.39, 0.29) is 17.8 Å². The predicted octanol–water partition coefficient (Wildman–Crippen LogP) is 2.53. The molecule has 0 amide bonds. The number of carbonyl (C=O) groups excluding carboxylic acids is 1. The summed E-state index contributed by atoms with van der Waals surface area (Å²) in [5, 5.41) is 9.38. The zero-order valence-electron chi connectivity index (χ0n) is 12.9. The van der Waals surface area contributed by atoms with Gasteiger partial charge < -0.3 is 14.6 Å². The van der Waals surface area contributed by atoms with Crippen LogP contribution >= 0.6 is 0 Å². The lowest BCUT2D eigenvalue weighted by atomic mass is 10.0. The molecule has 3 unspecified atom stereocenters. The number of Topliss-reactive ketones (excluding diaryl/α,β-unsaturated/α-hetero) is 1. The Morgan fingerprint density at radius 3 is 2.50 bits per heavy atom. The molecule has 4 heteroatoms. The molecule has 2 aliphatic rings. The molecule has 0 radical (unpaired) electrons. The molecule has 3 atom stereocenters. The van der Waals surface area contributed by atoms with Crippen LogP contribution in [0.25, 0.3) is 0 Å². The summed E-state index contributed by atoms with van der Waals surface area (Å²) in [5.41, 5.74) is 0.255. The molecular formula is C16H28O4. The minimum absolute atomic E-state index is 0.169. The number of carbonyl (C=O) groups is 1. The fraction of sp³-hybridized carbons (Fsp3) is 0.938. The monoisotopic (exact) mass is 284 g/mol. The minimum Gasteiger partial charge on any atom is -0.393 e. The SMILES string of the molecule is CC(O)CCC1C(CC(=O)CCC2OCCO2)C1(C)C. The van der Waals surface area contributed by atoms with Crippen molar-refractivity contribution in [3.63, 3.8) is 0 Å². The molecule has 1 aliphatic heterocycles. The molecule has 0 aromatic rings. The van der Waals surface area contributed by atoms with Gasteiger partial charge in [-0.15, -0.1) is 0 Å². The largest absolute Gasteiger partial charge is 0.393 e. The van der Waals surface area contributed by atoms with Crippen LogP contribution in [0.3, 0.4) is 0 Å². The lowest BCUT2D eigenvalue weighted by Crippen LogP contribution is -2.11. The van der Waals surface area contributed by atoms with E-state index in [4.69, 9.17) is 9.47 Å². The van der Waals surface area contributed by atoms with Crippen LogP contribution in [0, 0.1) is 17.3 Å². The van der Waals surface area contributed by atoms with Gasteiger partial charge in [0.15, 0.2) is 6.29 Å². The molecule has 0 spiro atoms. The van der Waals surface area contributed by atoms with Crippen LogP contribution in [0.5, 0.6) is 0 Å². The maximum atomic E-state index is 12.1.